The Morgan fingerprint density at radius 3 is 1.60 bits per heavy atom. The van der Waals surface area contributed by atoms with Gasteiger partial charge in [-0.1, -0.05) is 72.2 Å². The fraction of sp³-hybridized carbons (Fsp3) is 0.392. The average Bonchev–Trinajstić information content (AvgIpc) is 4.07. The smallest absolute Gasteiger partial charge is 0.341 e. The Kier molecular flexibility index (Phi) is 18.6. The van der Waals surface area contributed by atoms with Crippen LogP contribution < -0.4 is 5.32 Å². The van der Waals surface area contributed by atoms with Gasteiger partial charge in [-0.2, -0.15) is 0 Å². The number of hydrogen-bond acceptors (Lipinski definition) is 15. The summed E-state index contributed by atoms with van der Waals surface area (Å²) in [5, 5.41) is 3.03. The molecule has 8 aromatic heterocycles. The number of aromatic nitrogens is 11. The van der Waals surface area contributed by atoms with Crippen LogP contribution in [0.1, 0.15) is 58.8 Å². The highest BCUT2D eigenvalue weighted by Gasteiger charge is 2.25. The van der Waals surface area contributed by atoms with Crippen molar-refractivity contribution in [2.75, 3.05) is 27.4 Å². The summed E-state index contributed by atoms with van der Waals surface area (Å²) in [6.07, 6.45) is 13.3. The third-order valence-electron chi connectivity index (χ3n) is 11.5. The van der Waals surface area contributed by atoms with Gasteiger partial charge in [0.2, 0.25) is 0 Å². The molecule has 0 bridgehead atoms. The topological polar surface area (TPSA) is 229 Å². The number of H-pyrrole nitrogens is 1. The molecule has 1 amide bonds. The maximum atomic E-state index is 12.6. The van der Waals surface area contributed by atoms with Gasteiger partial charge in [0.1, 0.15) is 57.1 Å². The number of pyridine rings is 2. The first-order chi connectivity index (χ1) is 34.6. The van der Waals surface area contributed by atoms with Crippen molar-refractivity contribution in [1.82, 2.24) is 59.3 Å². The van der Waals surface area contributed by atoms with Crippen molar-refractivity contribution < 1.29 is 33.3 Å². The van der Waals surface area contributed by atoms with Crippen LogP contribution in [0.4, 0.5) is 0 Å². The summed E-state index contributed by atoms with van der Waals surface area (Å²) in [4.78, 5) is 74.9. The highest BCUT2D eigenvalue weighted by atomic mass is 79.9. The number of hydrogen-bond donors (Lipinski definition) is 2. The molecule has 0 aliphatic rings. The van der Waals surface area contributed by atoms with Gasteiger partial charge in [0.25, 0.3) is 5.91 Å². The summed E-state index contributed by atoms with van der Waals surface area (Å²) in [5.74, 6) is -1.04. The van der Waals surface area contributed by atoms with Crippen molar-refractivity contribution in [3.63, 3.8) is 0 Å². The Hall–Kier alpha value is -6.60. The summed E-state index contributed by atoms with van der Waals surface area (Å²) in [6.45, 7) is 24.1. The quantitative estimate of drug-likeness (QED) is 0.0521. The van der Waals surface area contributed by atoms with Crippen molar-refractivity contribution in [3.8, 4) is 22.8 Å². The molecule has 22 heteroatoms. The average molecular weight is 1090 g/mol. The van der Waals surface area contributed by atoms with Gasteiger partial charge in [0, 0.05) is 66.4 Å². The van der Waals surface area contributed by atoms with E-state index >= 15 is 0 Å². The van der Waals surface area contributed by atoms with Crippen LogP contribution in [0.15, 0.2) is 90.6 Å². The van der Waals surface area contributed by atoms with Gasteiger partial charge in [-0.15, -0.1) is 0 Å². The van der Waals surface area contributed by atoms with E-state index in [0.717, 1.165) is 17.8 Å². The van der Waals surface area contributed by atoms with Crippen LogP contribution in [0.25, 0.3) is 56.3 Å². The fourth-order valence-electron chi connectivity index (χ4n) is 6.71. The van der Waals surface area contributed by atoms with Gasteiger partial charge < -0.3 is 38.4 Å². The maximum absolute atomic E-state index is 12.6. The second-order valence-corrected chi connectivity index (χ2v) is 32.7. The minimum absolute atomic E-state index is 0.0213. The molecule has 8 aromatic rings. The number of methoxy groups -OCH3 is 2. The first-order valence-electron chi connectivity index (χ1n) is 23.7. The molecule has 0 fully saturated rings. The van der Waals surface area contributed by atoms with Gasteiger partial charge in [-0.05, 0) is 64.6 Å². The Morgan fingerprint density at radius 2 is 1.14 bits per heavy atom. The number of carbonyl (C=O) groups excluding carboxylic acids is 3. The number of esters is 2. The van der Waals surface area contributed by atoms with E-state index in [1.54, 1.807) is 58.7 Å². The van der Waals surface area contributed by atoms with E-state index in [0.29, 0.717) is 98.5 Å². The van der Waals surface area contributed by atoms with E-state index in [1.807, 2.05) is 43.3 Å². The van der Waals surface area contributed by atoms with E-state index in [9.17, 15) is 14.4 Å². The normalized spacial score (nSPS) is 12.2. The van der Waals surface area contributed by atoms with Gasteiger partial charge in [0.15, 0.2) is 16.9 Å². The molecule has 0 aromatic carbocycles. The molecule has 0 saturated carbocycles. The Morgan fingerprint density at radius 1 is 0.658 bits per heavy atom. The first-order valence-corrected chi connectivity index (χ1v) is 31.9. The largest absolute Gasteiger partial charge is 0.465 e. The molecule has 8 heterocycles. The van der Waals surface area contributed by atoms with Gasteiger partial charge in [0.05, 0.1) is 49.8 Å². The summed E-state index contributed by atoms with van der Waals surface area (Å²) in [6, 6.07) is 13.4. The summed E-state index contributed by atoms with van der Waals surface area (Å²) >= 11 is 3.27. The molecular weight excluding hydrogens is 1030 g/mol. The number of aromatic amines is 1. The zero-order valence-corrected chi connectivity index (χ0v) is 47.2. The molecule has 8 rings (SSSR count). The number of rotatable bonds is 16. The number of amides is 1. The standard InChI is InChI=1S/C19H24N4O3Si.C18H21N5O.C14H20BrN3O3Si/c1-25-19(24)14-12-23(13-26-9-10-27(2,3)4)18-17(14)22-16(11-21-18)15-7-5-6-8-20-15;1-11(18(2,3)4)22-17(24)12-9-20-16-15(12)23-14(10-21-16)13-7-5-6-8-19-13;1-20-14(19)10-8-18(9-21-5-6-22(2,3)4)13-12(10)17-11(15)7-16-13/h5-8,11-12H,9-10,13H2,1-4H3;5-11H,1-4H3,(H,20,21)(H,22,24);7-8H,5-6,9H2,1-4H3/t;11-;/m.0./s1. The minimum atomic E-state index is -1.16. The molecule has 0 unspecified atom stereocenters. The van der Waals surface area contributed by atoms with E-state index in [1.165, 1.54) is 14.2 Å². The number of fused-ring (bicyclic) bond motifs is 3. The van der Waals surface area contributed by atoms with Crippen LogP contribution in [-0.2, 0) is 32.4 Å². The predicted octanol–water partition coefficient (Wildman–Crippen LogP) is 10.1. The Balaban J connectivity index is 0.000000180. The molecule has 1 atom stereocenters. The van der Waals surface area contributed by atoms with Crippen molar-refractivity contribution >= 4 is 83.4 Å². The van der Waals surface area contributed by atoms with Crippen molar-refractivity contribution in [2.24, 2.45) is 5.41 Å². The first kappa shape index (κ1) is 55.7. The van der Waals surface area contributed by atoms with E-state index in [4.69, 9.17) is 18.9 Å². The SMILES string of the molecule is COC(=O)c1cn(COCC[Si](C)(C)C)c2ncc(-c3ccccn3)nc12.COC(=O)c1cn(COCC[Si](C)(C)C)c2ncc(Br)nc12.C[C@H](NC(=O)c1c[nH]c2ncc(-c3ccccn3)nc12)C(C)(C)C. The second kappa shape index (κ2) is 24.4. The van der Waals surface area contributed by atoms with Crippen LogP contribution in [-0.4, -0.2) is 121 Å². The predicted molar refractivity (Wildman–Crippen MR) is 290 cm³/mol. The lowest BCUT2D eigenvalue weighted by molar-refractivity contribution is 0.0591. The number of nitrogens with zero attached hydrogens (tertiary/aromatic N) is 10. The van der Waals surface area contributed by atoms with Crippen LogP contribution in [0, 0.1) is 5.41 Å². The molecule has 19 nitrogen and oxygen atoms in total. The summed E-state index contributed by atoms with van der Waals surface area (Å²) < 4.78 is 25.4. The van der Waals surface area contributed by atoms with Crippen LogP contribution in [0.2, 0.25) is 51.4 Å². The van der Waals surface area contributed by atoms with Gasteiger partial charge >= 0.3 is 11.9 Å². The third kappa shape index (κ3) is 15.2. The molecule has 0 spiro atoms. The highest BCUT2D eigenvalue weighted by Crippen LogP contribution is 2.25. The van der Waals surface area contributed by atoms with Gasteiger partial charge in [-0.25, -0.2) is 39.5 Å². The lowest BCUT2D eigenvalue weighted by Crippen LogP contribution is -2.41. The number of halogens is 1. The monoisotopic (exact) mass is 1090 g/mol. The molecule has 386 valence electrons. The fourth-order valence-corrected chi connectivity index (χ4v) is 8.50. The maximum Gasteiger partial charge on any atom is 0.341 e. The van der Waals surface area contributed by atoms with Crippen molar-refractivity contribution in [3.05, 3.63) is 107 Å². The third-order valence-corrected chi connectivity index (χ3v) is 15.3. The van der Waals surface area contributed by atoms with E-state index in [2.05, 4.69) is 126 Å². The molecular formula is C51H65BrN12O7Si2. The van der Waals surface area contributed by atoms with E-state index in [-0.39, 0.29) is 17.4 Å². The summed E-state index contributed by atoms with van der Waals surface area (Å²) in [5.41, 5.74) is 7.22. The molecule has 0 saturated heterocycles. The highest BCUT2D eigenvalue weighted by molar-refractivity contribution is 9.10. The molecule has 73 heavy (non-hydrogen) atoms. The summed E-state index contributed by atoms with van der Waals surface area (Å²) in [7, 11) is 0.428. The lowest BCUT2D eigenvalue weighted by Gasteiger charge is -2.27. The lowest BCUT2D eigenvalue weighted by atomic mass is 9.88. The molecule has 0 aliphatic heterocycles. The molecule has 0 radical (unpaired) electrons. The zero-order valence-electron chi connectivity index (χ0n) is 43.6. The Labute approximate surface area is 435 Å². The number of nitrogens with one attached hydrogen (secondary N) is 2. The number of ether oxygens (including phenoxy) is 4. The molecule has 2 N–H and O–H groups in total. The zero-order chi connectivity index (χ0) is 53.1. The van der Waals surface area contributed by atoms with Crippen molar-refractivity contribution in [2.45, 2.75) is 98.6 Å². The van der Waals surface area contributed by atoms with Gasteiger partial charge in [-0.3, -0.25) is 14.8 Å². The Bertz CT molecular complexity index is 3150. The van der Waals surface area contributed by atoms with Crippen LogP contribution in [0.3, 0.4) is 0 Å². The van der Waals surface area contributed by atoms with Crippen molar-refractivity contribution in [1.29, 1.82) is 0 Å². The number of carbonyl (C=O) groups is 3. The van der Waals surface area contributed by atoms with E-state index < -0.39 is 28.1 Å². The van der Waals surface area contributed by atoms with Crippen LogP contribution >= 0.6 is 15.9 Å². The second-order valence-electron chi connectivity index (χ2n) is 20.6. The molecule has 0 aliphatic carbocycles. The van der Waals surface area contributed by atoms with Crippen LogP contribution in [0.5, 0.6) is 0 Å². The minimum Gasteiger partial charge on any atom is -0.465 e.